The maximum absolute atomic E-state index is 5.22. The largest absolute Gasteiger partial charge is 0.493 e. The van der Waals surface area contributed by atoms with Crippen LogP contribution in [-0.2, 0) is 0 Å². The van der Waals surface area contributed by atoms with E-state index in [2.05, 4.69) is 15.6 Å². The van der Waals surface area contributed by atoms with E-state index in [1.165, 1.54) is 0 Å². The van der Waals surface area contributed by atoms with Gasteiger partial charge in [-0.05, 0) is 12.1 Å². The van der Waals surface area contributed by atoms with E-state index in [1.807, 2.05) is 18.2 Å². The Balaban J connectivity index is 0.00000144. The number of aliphatic imine (C=N–C) groups is 1. The maximum atomic E-state index is 5.22. The number of hydrogen-bond acceptors (Lipinski definition) is 5. The van der Waals surface area contributed by atoms with Crippen LogP contribution in [0, 0.1) is 0 Å². The fourth-order valence-corrected chi connectivity index (χ4v) is 1.53. The van der Waals surface area contributed by atoms with Crippen molar-refractivity contribution in [3.63, 3.8) is 0 Å². The molecule has 0 saturated heterocycles. The highest BCUT2D eigenvalue weighted by Gasteiger charge is 2.08. The molecule has 0 radical (unpaired) electrons. The van der Waals surface area contributed by atoms with Gasteiger partial charge in [0.15, 0.2) is 17.5 Å². The molecule has 1 aromatic carbocycles. The second kappa shape index (κ2) is 6.20. The van der Waals surface area contributed by atoms with Crippen LogP contribution in [-0.4, -0.2) is 33.3 Å². The molecule has 0 fully saturated rings. The van der Waals surface area contributed by atoms with E-state index in [9.17, 15) is 0 Å². The summed E-state index contributed by atoms with van der Waals surface area (Å²) in [7, 11) is 3.24. The molecule has 5 nitrogen and oxygen atoms in total. The summed E-state index contributed by atoms with van der Waals surface area (Å²) in [5.74, 6) is 2.22. The monoisotopic (exact) mass is 257 g/mol. The lowest BCUT2D eigenvalue weighted by Gasteiger charge is -2.11. The van der Waals surface area contributed by atoms with E-state index in [0.717, 1.165) is 30.5 Å². The number of rotatable bonds is 3. The molecule has 0 saturated carbocycles. The molecule has 1 aliphatic heterocycles. The van der Waals surface area contributed by atoms with Crippen LogP contribution < -0.4 is 20.1 Å². The standard InChI is InChI=1S/C11H15N3O2.ClH/c1-15-9-4-3-8(7-10(9)16-2)14-11-12-5-6-13-11;/h3-4,7H,5-6H2,1-2H3,(H2,12,13,14);1H. The van der Waals surface area contributed by atoms with Crippen LogP contribution >= 0.6 is 12.4 Å². The topological polar surface area (TPSA) is 54.9 Å². The van der Waals surface area contributed by atoms with Gasteiger partial charge in [-0.3, -0.25) is 4.99 Å². The smallest absolute Gasteiger partial charge is 0.195 e. The van der Waals surface area contributed by atoms with Crippen molar-refractivity contribution in [2.75, 3.05) is 32.6 Å². The van der Waals surface area contributed by atoms with E-state index in [0.29, 0.717) is 5.75 Å². The molecule has 1 heterocycles. The van der Waals surface area contributed by atoms with Gasteiger partial charge in [0.25, 0.3) is 0 Å². The Bertz CT molecular complexity index is 410. The normalized spacial score (nSPS) is 13.2. The summed E-state index contributed by atoms with van der Waals surface area (Å²) in [6.45, 7) is 1.70. The van der Waals surface area contributed by atoms with Crippen molar-refractivity contribution in [3.05, 3.63) is 18.2 Å². The summed E-state index contributed by atoms with van der Waals surface area (Å²) in [5.41, 5.74) is 0.922. The molecule has 0 amide bonds. The van der Waals surface area contributed by atoms with Gasteiger partial charge in [-0.25, -0.2) is 0 Å². The second-order valence-corrected chi connectivity index (χ2v) is 3.35. The van der Waals surface area contributed by atoms with Gasteiger partial charge in [0.2, 0.25) is 0 Å². The minimum Gasteiger partial charge on any atom is -0.493 e. The first-order valence-corrected chi connectivity index (χ1v) is 5.11. The van der Waals surface area contributed by atoms with E-state index in [4.69, 9.17) is 9.47 Å². The van der Waals surface area contributed by atoms with Crippen molar-refractivity contribution in [2.45, 2.75) is 0 Å². The number of nitrogens with one attached hydrogen (secondary N) is 2. The first-order valence-electron chi connectivity index (χ1n) is 5.11. The van der Waals surface area contributed by atoms with Gasteiger partial charge >= 0.3 is 0 Å². The molecule has 0 unspecified atom stereocenters. The van der Waals surface area contributed by atoms with Crippen LogP contribution in [0.5, 0.6) is 11.5 Å². The lowest BCUT2D eigenvalue weighted by Crippen LogP contribution is -2.26. The van der Waals surface area contributed by atoms with Crippen molar-refractivity contribution in [2.24, 2.45) is 4.99 Å². The van der Waals surface area contributed by atoms with E-state index in [-0.39, 0.29) is 12.4 Å². The third kappa shape index (κ3) is 3.17. The number of hydrogen-bond donors (Lipinski definition) is 2. The molecule has 0 bridgehead atoms. The number of guanidine groups is 1. The third-order valence-electron chi connectivity index (χ3n) is 2.32. The Morgan fingerprint density at radius 1 is 1.24 bits per heavy atom. The average Bonchev–Trinajstić information content (AvgIpc) is 2.81. The second-order valence-electron chi connectivity index (χ2n) is 3.35. The molecule has 0 atom stereocenters. The summed E-state index contributed by atoms with van der Waals surface area (Å²) in [4.78, 5) is 4.25. The number of benzene rings is 1. The summed E-state index contributed by atoms with van der Waals surface area (Å²) in [6, 6.07) is 5.65. The van der Waals surface area contributed by atoms with Crippen LogP contribution in [0.3, 0.4) is 0 Å². The molecule has 0 aliphatic carbocycles. The van der Waals surface area contributed by atoms with Gasteiger partial charge < -0.3 is 20.1 Å². The number of anilines is 1. The van der Waals surface area contributed by atoms with Crippen LogP contribution in [0.1, 0.15) is 0 Å². The fourth-order valence-electron chi connectivity index (χ4n) is 1.53. The fraction of sp³-hybridized carbons (Fsp3) is 0.364. The Hall–Kier alpha value is -1.62. The zero-order valence-corrected chi connectivity index (χ0v) is 10.6. The van der Waals surface area contributed by atoms with Crippen molar-refractivity contribution in [3.8, 4) is 11.5 Å². The number of halogens is 1. The summed E-state index contributed by atoms with van der Waals surface area (Å²) >= 11 is 0. The Labute approximate surface area is 107 Å². The predicted octanol–water partition coefficient (Wildman–Crippen LogP) is 1.50. The van der Waals surface area contributed by atoms with Crippen molar-refractivity contribution >= 4 is 24.1 Å². The van der Waals surface area contributed by atoms with Gasteiger partial charge in [-0.15, -0.1) is 12.4 Å². The zero-order chi connectivity index (χ0) is 11.4. The molecule has 94 valence electrons. The summed E-state index contributed by atoms with van der Waals surface area (Å²) in [5, 5.41) is 6.31. The average molecular weight is 258 g/mol. The van der Waals surface area contributed by atoms with Crippen molar-refractivity contribution in [1.82, 2.24) is 5.32 Å². The SMILES string of the molecule is COc1ccc(NC2=NCCN2)cc1OC.Cl. The Kier molecular flexibility index (Phi) is 4.90. The first kappa shape index (κ1) is 13.4. The van der Waals surface area contributed by atoms with E-state index in [1.54, 1.807) is 14.2 Å². The first-order chi connectivity index (χ1) is 7.83. The van der Waals surface area contributed by atoms with Crippen LogP contribution in [0.15, 0.2) is 23.2 Å². The molecule has 1 aliphatic rings. The van der Waals surface area contributed by atoms with Gasteiger partial charge in [-0.2, -0.15) is 0 Å². The van der Waals surface area contributed by atoms with Gasteiger partial charge in [0.1, 0.15) is 0 Å². The Morgan fingerprint density at radius 3 is 2.59 bits per heavy atom. The van der Waals surface area contributed by atoms with Gasteiger partial charge in [0, 0.05) is 18.3 Å². The molecule has 17 heavy (non-hydrogen) atoms. The Morgan fingerprint density at radius 2 is 2.00 bits per heavy atom. The van der Waals surface area contributed by atoms with Crippen molar-refractivity contribution in [1.29, 1.82) is 0 Å². The maximum Gasteiger partial charge on any atom is 0.195 e. The molecule has 0 spiro atoms. The molecule has 6 heteroatoms. The molecule has 2 N–H and O–H groups in total. The van der Waals surface area contributed by atoms with Crippen molar-refractivity contribution < 1.29 is 9.47 Å². The zero-order valence-electron chi connectivity index (χ0n) is 9.82. The van der Waals surface area contributed by atoms with Gasteiger partial charge in [0.05, 0.1) is 20.8 Å². The minimum absolute atomic E-state index is 0. The third-order valence-corrected chi connectivity index (χ3v) is 2.32. The molecule has 0 aromatic heterocycles. The molecule has 1 aromatic rings. The summed E-state index contributed by atoms with van der Waals surface area (Å²) < 4.78 is 10.4. The van der Waals surface area contributed by atoms with Crippen LogP contribution in [0.4, 0.5) is 5.69 Å². The highest BCUT2D eigenvalue weighted by Crippen LogP contribution is 2.29. The number of ether oxygens (including phenoxy) is 2. The quantitative estimate of drug-likeness (QED) is 0.862. The minimum atomic E-state index is 0. The summed E-state index contributed by atoms with van der Waals surface area (Å²) in [6.07, 6.45) is 0. The highest BCUT2D eigenvalue weighted by molar-refractivity contribution is 5.94. The predicted molar refractivity (Wildman–Crippen MR) is 70.7 cm³/mol. The lowest BCUT2D eigenvalue weighted by atomic mass is 10.3. The van der Waals surface area contributed by atoms with Gasteiger partial charge in [-0.1, -0.05) is 0 Å². The van der Waals surface area contributed by atoms with E-state index >= 15 is 0 Å². The van der Waals surface area contributed by atoms with Crippen LogP contribution in [0.25, 0.3) is 0 Å². The number of methoxy groups -OCH3 is 2. The lowest BCUT2D eigenvalue weighted by molar-refractivity contribution is 0.355. The van der Waals surface area contributed by atoms with E-state index < -0.39 is 0 Å². The highest BCUT2D eigenvalue weighted by atomic mass is 35.5. The molecule has 2 rings (SSSR count). The number of nitrogens with zero attached hydrogens (tertiary/aromatic N) is 1. The van der Waals surface area contributed by atoms with Crippen LogP contribution in [0.2, 0.25) is 0 Å². The molecular weight excluding hydrogens is 242 g/mol. The molecular formula is C11H16ClN3O2.